The van der Waals surface area contributed by atoms with Crippen molar-refractivity contribution in [3.8, 4) is 0 Å². The van der Waals surface area contributed by atoms with Crippen molar-refractivity contribution >= 4 is 20.2 Å². The van der Waals surface area contributed by atoms with E-state index in [9.17, 15) is 14.7 Å². The average molecular weight is 340 g/mol. The van der Waals surface area contributed by atoms with E-state index in [2.05, 4.69) is 40.4 Å². The Hall–Kier alpha value is -1.40. The van der Waals surface area contributed by atoms with Crippen LogP contribution < -0.4 is 0 Å². The topological polar surface area (TPSA) is 66.8 Å². The van der Waals surface area contributed by atoms with Crippen molar-refractivity contribution in [2.75, 3.05) is 0 Å². The van der Waals surface area contributed by atoms with Gasteiger partial charge in [0, 0.05) is 6.20 Å². The normalized spacial score (nSPS) is 20.5. The van der Waals surface area contributed by atoms with Crippen LogP contribution in [0.4, 0.5) is 0 Å². The summed E-state index contributed by atoms with van der Waals surface area (Å²) in [6, 6.07) is -0.979. The van der Waals surface area contributed by atoms with Gasteiger partial charge in [0.2, 0.25) is 5.91 Å². The number of allylic oxidation sites excluding steroid dienone is 1. The summed E-state index contributed by atoms with van der Waals surface area (Å²) in [6.45, 7) is 16.3. The molecule has 0 unspecified atom stereocenters. The van der Waals surface area contributed by atoms with Gasteiger partial charge < -0.3 is 14.4 Å². The lowest BCUT2D eigenvalue weighted by molar-refractivity contribution is -0.147. The molecular formula is C17H29NO4Si. The van der Waals surface area contributed by atoms with Gasteiger partial charge in [-0.1, -0.05) is 33.4 Å². The molecule has 0 aliphatic carbocycles. The van der Waals surface area contributed by atoms with Gasteiger partial charge in [-0.2, -0.15) is 0 Å². The Kier molecular flexibility index (Phi) is 5.98. The second-order valence-corrected chi connectivity index (χ2v) is 12.4. The van der Waals surface area contributed by atoms with Crippen LogP contribution in [0.5, 0.6) is 0 Å². The van der Waals surface area contributed by atoms with E-state index in [-0.39, 0.29) is 23.5 Å². The van der Waals surface area contributed by atoms with Crippen LogP contribution in [0.2, 0.25) is 18.1 Å². The van der Waals surface area contributed by atoms with Crippen molar-refractivity contribution in [3.63, 3.8) is 0 Å². The highest BCUT2D eigenvalue weighted by Crippen LogP contribution is 2.37. The maximum atomic E-state index is 12.5. The summed E-state index contributed by atoms with van der Waals surface area (Å²) in [5.41, 5.74) is 0.520. The second kappa shape index (κ2) is 7.01. The SMILES string of the molecule is C=C1CC=CN(C(=O)C[C@@H](C)O[Si](C)(C)C(C)(C)C)[C@H]1C(=O)O. The highest BCUT2D eigenvalue weighted by molar-refractivity contribution is 6.74. The number of rotatable bonds is 5. The van der Waals surface area contributed by atoms with Crippen molar-refractivity contribution in [1.82, 2.24) is 4.90 Å². The summed E-state index contributed by atoms with van der Waals surface area (Å²) >= 11 is 0. The van der Waals surface area contributed by atoms with Gasteiger partial charge in [0.05, 0.1) is 12.5 Å². The summed E-state index contributed by atoms with van der Waals surface area (Å²) in [6.07, 6.45) is 3.71. The summed E-state index contributed by atoms with van der Waals surface area (Å²) in [5.74, 6) is -1.30. The van der Waals surface area contributed by atoms with E-state index in [0.29, 0.717) is 12.0 Å². The van der Waals surface area contributed by atoms with E-state index in [0.717, 1.165) is 0 Å². The number of carbonyl (C=O) groups is 2. The minimum Gasteiger partial charge on any atom is -0.479 e. The van der Waals surface area contributed by atoms with Gasteiger partial charge in [-0.05, 0) is 37.0 Å². The zero-order valence-corrected chi connectivity index (χ0v) is 16.0. The van der Waals surface area contributed by atoms with E-state index in [1.807, 2.05) is 6.92 Å². The lowest BCUT2D eigenvalue weighted by atomic mass is 10.0. The molecule has 1 N–H and O–H groups in total. The lowest BCUT2D eigenvalue weighted by Gasteiger charge is -2.39. The van der Waals surface area contributed by atoms with Gasteiger partial charge >= 0.3 is 5.97 Å². The third-order valence-electron chi connectivity index (χ3n) is 4.60. The first-order valence-corrected chi connectivity index (χ1v) is 10.8. The Morgan fingerprint density at radius 1 is 1.48 bits per heavy atom. The van der Waals surface area contributed by atoms with Gasteiger partial charge in [0.1, 0.15) is 0 Å². The lowest BCUT2D eigenvalue weighted by Crippen LogP contribution is -2.47. The number of carboxylic acids is 1. The third kappa shape index (κ3) is 4.78. The monoisotopic (exact) mass is 339 g/mol. The molecule has 23 heavy (non-hydrogen) atoms. The first kappa shape index (κ1) is 19.6. The molecule has 0 saturated carbocycles. The molecule has 1 aliphatic heterocycles. The number of carboxylic acid groups (broad SMARTS) is 1. The fraction of sp³-hybridized carbons (Fsp3) is 0.647. The number of carbonyl (C=O) groups excluding carboxylic acids is 1. The summed E-state index contributed by atoms with van der Waals surface area (Å²) < 4.78 is 6.18. The molecule has 2 atom stereocenters. The first-order valence-electron chi connectivity index (χ1n) is 7.93. The zero-order valence-electron chi connectivity index (χ0n) is 15.0. The van der Waals surface area contributed by atoms with Crippen LogP contribution in [-0.2, 0) is 14.0 Å². The molecule has 0 spiro atoms. The molecule has 0 aromatic heterocycles. The Bertz CT molecular complexity index is 519. The highest BCUT2D eigenvalue weighted by Gasteiger charge is 2.39. The van der Waals surface area contributed by atoms with Crippen molar-refractivity contribution in [3.05, 3.63) is 24.4 Å². The largest absolute Gasteiger partial charge is 0.479 e. The standard InChI is InChI=1S/C17H29NO4Si/c1-12-9-8-10-18(15(12)16(20)21)14(19)11-13(2)22-23(6,7)17(3,4)5/h8,10,13,15H,1,9,11H2,2-7H3,(H,20,21)/t13-,15-/m1/s1. The van der Waals surface area contributed by atoms with E-state index in [1.165, 1.54) is 4.90 Å². The van der Waals surface area contributed by atoms with Gasteiger partial charge in [-0.15, -0.1) is 0 Å². The molecule has 1 aliphatic rings. The van der Waals surface area contributed by atoms with Crippen molar-refractivity contribution < 1.29 is 19.1 Å². The molecule has 130 valence electrons. The third-order valence-corrected chi connectivity index (χ3v) is 9.20. The van der Waals surface area contributed by atoms with Crippen molar-refractivity contribution in [2.24, 2.45) is 0 Å². The van der Waals surface area contributed by atoms with Crippen LogP contribution in [0.25, 0.3) is 0 Å². The minimum absolute atomic E-state index is 0.0627. The highest BCUT2D eigenvalue weighted by atomic mass is 28.4. The molecule has 0 saturated heterocycles. The first-order chi connectivity index (χ1) is 10.4. The average Bonchev–Trinajstić information content (AvgIpc) is 2.35. The summed E-state index contributed by atoms with van der Waals surface area (Å²) in [5, 5.41) is 9.40. The van der Waals surface area contributed by atoms with Crippen LogP contribution >= 0.6 is 0 Å². The number of nitrogens with zero attached hydrogens (tertiary/aromatic N) is 1. The van der Waals surface area contributed by atoms with Gasteiger partial charge in [-0.3, -0.25) is 4.79 Å². The predicted octanol–water partition coefficient (Wildman–Crippen LogP) is 3.54. The van der Waals surface area contributed by atoms with Crippen LogP contribution in [0.15, 0.2) is 24.4 Å². The molecule has 5 nitrogen and oxygen atoms in total. The molecular weight excluding hydrogens is 310 g/mol. The summed E-state index contributed by atoms with van der Waals surface area (Å²) in [4.78, 5) is 25.2. The fourth-order valence-corrected chi connectivity index (χ4v) is 3.75. The Balaban J connectivity index is 2.78. The maximum absolute atomic E-state index is 12.5. The molecule has 0 aromatic rings. The van der Waals surface area contributed by atoms with E-state index in [1.54, 1.807) is 12.3 Å². The molecule has 1 heterocycles. The molecule has 1 rings (SSSR count). The van der Waals surface area contributed by atoms with Crippen LogP contribution in [0.1, 0.15) is 40.5 Å². The van der Waals surface area contributed by atoms with E-state index >= 15 is 0 Å². The molecule has 0 aromatic carbocycles. The second-order valence-electron chi connectivity index (χ2n) is 7.68. The minimum atomic E-state index is -1.96. The number of amides is 1. The fourth-order valence-electron chi connectivity index (χ4n) is 2.31. The van der Waals surface area contributed by atoms with E-state index < -0.39 is 20.3 Å². The summed E-state index contributed by atoms with van der Waals surface area (Å²) in [7, 11) is -1.96. The quantitative estimate of drug-likeness (QED) is 0.614. The maximum Gasteiger partial charge on any atom is 0.331 e. The molecule has 0 bridgehead atoms. The number of hydrogen-bond donors (Lipinski definition) is 1. The smallest absolute Gasteiger partial charge is 0.331 e. The molecule has 6 heteroatoms. The Labute approximate surface area is 140 Å². The Morgan fingerprint density at radius 2 is 2.04 bits per heavy atom. The van der Waals surface area contributed by atoms with Crippen LogP contribution in [-0.4, -0.2) is 42.3 Å². The van der Waals surface area contributed by atoms with Crippen LogP contribution in [0.3, 0.4) is 0 Å². The van der Waals surface area contributed by atoms with Crippen molar-refractivity contribution in [2.45, 2.75) is 70.8 Å². The van der Waals surface area contributed by atoms with E-state index in [4.69, 9.17) is 4.43 Å². The molecule has 0 fully saturated rings. The van der Waals surface area contributed by atoms with Gasteiger partial charge in [-0.25, -0.2) is 4.79 Å². The van der Waals surface area contributed by atoms with Crippen LogP contribution in [0, 0.1) is 0 Å². The Morgan fingerprint density at radius 3 is 2.52 bits per heavy atom. The number of aliphatic carboxylic acids is 1. The number of hydrogen-bond acceptors (Lipinski definition) is 3. The van der Waals surface area contributed by atoms with Gasteiger partial charge in [0.25, 0.3) is 0 Å². The van der Waals surface area contributed by atoms with Gasteiger partial charge in [0.15, 0.2) is 14.4 Å². The molecule has 0 radical (unpaired) electrons. The molecule has 1 amide bonds. The zero-order chi connectivity index (χ0) is 18.0. The van der Waals surface area contributed by atoms with Crippen molar-refractivity contribution in [1.29, 1.82) is 0 Å². The predicted molar refractivity (Wildman–Crippen MR) is 93.5 cm³/mol.